The highest BCUT2D eigenvalue weighted by Crippen LogP contribution is 2.50. The Morgan fingerprint density at radius 3 is 1.98 bits per heavy atom. The minimum atomic E-state index is -0.0695. The molecule has 0 radical (unpaired) electrons. The Labute approximate surface area is 321 Å². The van der Waals surface area contributed by atoms with Crippen LogP contribution in [0.1, 0.15) is 25.0 Å². The number of para-hydroxylation sites is 2. The molecule has 2 atom stereocenters. The van der Waals surface area contributed by atoms with Gasteiger partial charge in [-0.25, -0.2) is 0 Å². The zero-order valence-electron chi connectivity index (χ0n) is 30.9. The third-order valence-electron chi connectivity index (χ3n) is 12.2. The number of fused-ring (bicyclic) bond motifs is 9. The van der Waals surface area contributed by atoms with Crippen LogP contribution in [0.4, 0.5) is 11.4 Å². The maximum absolute atomic E-state index is 6.95. The first-order valence-electron chi connectivity index (χ1n) is 19.4. The van der Waals surface area contributed by atoms with Crippen LogP contribution in [0.15, 0.2) is 198 Å². The molecule has 11 rings (SSSR count). The molecular formula is C53H39NO. The summed E-state index contributed by atoms with van der Waals surface area (Å²) in [5, 5.41) is 4.58. The lowest BCUT2D eigenvalue weighted by Crippen LogP contribution is -2.21. The van der Waals surface area contributed by atoms with Crippen LogP contribution in [0.5, 0.6) is 0 Å². The van der Waals surface area contributed by atoms with Gasteiger partial charge < -0.3 is 9.32 Å². The van der Waals surface area contributed by atoms with Crippen LogP contribution in [0.2, 0.25) is 0 Å². The fourth-order valence-corrected chi connectivity index (χ4v) is 9.38. The lowest BCUT2D eigenvalue weighted by molar-refractivity contribution is 0.652. The quantitative estimate of drug-likeness (QED) is 0.177. The van der Waals surface area contributed by atoms with Gasteiger partial charge in [0.25, 0.3) is 0 Å². The lowest BCUT2D eigenvalue weighted by Gasteiger charge is -2.31. The topological polar surface area (TPSA) is 16.4 Å². The van der Waals surface area contributed by atoms with Crippen molar-refractivity contribution in [2.24, 2.45) is 11.8 Å². The highest BCUT2D eigenvalue weighted by Gasteiger charge is 2.35. The summed E-state index contributed by atoms with van der Waals surface area (Å²) in [6.07, 6.45) is 15.9. The number of rotatable bonds is 5. The number of hydrogen-bond donors (Lipinski definition) is 0. The molecule has 0 saturated heterocycles. The first-order valence-corrected chi connectivity index (χ1v) is 19.4. The summed E-state index contributed by atoms with van der Waals surface area (Å²) in [7, 11) is 0. The van der Waals surface area contributed by atoms with Crippen LogP contribution in [0, 0.1) is 11.8 Å². The Kier molecular flexibility index (Phi) is 7.06. The van der Waals surface area contributed by atoms with Crippen LogP contribution >= 0.6 is 0 Å². The van der Waals surface area contributed by atoms with Crippen LogP contribution < -0.4 is 4.90 Å². The van der Waals surface area contributed by atoms with Gasteiger partial charge in [0.15, 0.2) is 0 Å². The summed E-state index contributed by atoms with van der Waals surface area (Å²) in [6.45, 7) is 4.68. The minimum Gasteiger partial charge on any atom is -0.455 e. The highest BCUT2D eigenvalue weighted by molar-refractivity contribution is 6.20. The number of anilines is 2. The van der Waals surface area contributed by atoms with E-state index in [4.69, 9.17) is 4.42 Å². The molecule has 2 unspecified atom stereocenters. The monoisotopic (exact) mass is 705 g/mol. The normalized spacial score (nSPS) is 17.7. The van der Waals surface area contributed by atoms with E-state index in [0.717, 1.165) is 44.3 Å². The van der Waals surface area contributed by atoms with Gasteiger partial charge in [-0.15, -0.1) is 0 Å². The second-order valence-electron chi connectivity index (χ2n) is 15.7. The van der Waals surface area contributed by atoms with E-state index < -0.39 is 0 Å². The fraction of sp³-hybridized carbons (Fsp3) is 0.0943. The van der Waals surface area contributed by atoms with Crippen molar-refractivity contribution in [3.63, 3.8) is 0 Å². The van der Waals surface area contributed by atoms with Crippen molar-refractivity contribution in [1.29, 1.82) is 0 Å². The third-order valence-corrected chi connectivity index (χ3v) is 12.2. The third kappa shape index (κ3) is 4.95. The SMILES string of the molecule is CC1(C)c2ccccc2-c2ccc(-c3cccc4c3oc3c5ccccc5c(-c5ccc(N(C6=CC7C=CC=CC7C=C6)c6ccccc6)cc5)cc43)cc21. The molecule has 0 saturated carbocycles. The maximum atomic E-state index is 6.95. The molecular weight excluding hydrogens is 667 g/mol. The van der Waals surface area contributed by atoms with Crippen molar-refractivity contribution in [3.05, 3.63) is 205 Å². The molecule has 3 aliphatic rings. The van der Waals surface area contributed by atoms with E-state index >= 15 is 0 Å². The van der Waals surface area contributed by atoms with E-state index in [0.29, 0.717) is 11.8 Å². The van der Waals surface area contributed by atoms with Crippen LogP contribution in [0.25, 0.3) is 66.1 Å². The maximum Gasteiger partial charge on any atom is 0.143 e. The molecule has 7 aromatic carbocycles. The smallest absolute Gasteiger partial charge is 0.143 e. The molecule has 0 fully saturated rings. The standard InChI is InChI=1S/C53H39NO/c1-53(2)49-22-11-10-18-43(49)44-30-26-37(32-50(44)53)41-20-12-21-46-48-33-47(42-17-8-9-19-45(42)52(48)55-51(41)46)35-24-27-39(28-25-35)54(38-15-4-3-5-16-38)40-29-23-34-13-6-7-14-36(34)31-40/h3-34,36H,1-2H3. The van der Waals surface area contributed by atoms with Crippen molar-refractivity contribution in [3.8, 4) is 33.4 Å². The van der Waals surface area contributed by atoms with E-state index in [1.165, 1.54) is 50.0 Å². The molecule has 0 aliphatic heterocycles. The molecule has 1 heterocycles. The molecule has 55 heavy (non-hydrogen) atoms. The van der Waals surface area contributed by atoms with E-state index in [9.17, 15) is 0 Å². The van der Waals surface area contributed by atoms with Gasteiger partial charge in [0.05, 0.1) is 0 Å². The fourth-order valence-electron chi connectivity index (χ4n) is 9.38. The zero-order chi connectivity index (χ0) is 36.7. The van der Waals surface area contributed by atoms with E-state index in [1.807, 2.05) is 0 Å². The summed E-state index contributed by atoms with van der Waals surface area (Å²) >= 11 is 0. The number of furan rings is 1. The summed E-state index contributed by atoms with van der Waals surface area (Å²) in [5.41, 5.74) is 15.4. The lowest BCUT2D eigenvalue weighted by atomic mass is 9.81. The molecule has 262 valence electrons. The molecule has 0 amide bonds. The average Bonchev–Trinajstić information content (AvgIpc) is 3.73. The number of hydrogen-bond acceptors (Lipinski definition) is 2. The number of nitrogens with zero attached hydrogens (tertiary/aromatic N) is 1. The Morgan fingerprint density at radius 2 is 1.13 bits per heavy atom. The highest BCUT2D eigenvalue weighted by atomic mass is 16.3. The van der Waals surface area contributed by atoms with Gasteiger partial charge in [0.1, 0.15) is 11.2 Å². The second-order valence-corrected chi connectivity index (χ2v) is 15.7. The van der Waals surface area contributed by atoms with Gasteiger partial charge in [-0.3, -0.25) is 0 Å². The second kappa shape index (κ2) is 12.2. The number of allylic oxidation sites excluding steroid dienone is 7. The molecule has 0 spiro atoms. The zero-order valence-corrected chi connectivity index (χ0v) is 30.9. The van der Waals surface area contributed by atoms with Gasteiger partial charge in [0, 0.05) is 56.0 Å². The molecule has 2 nitrogen and oxygen atoms in total. The van der Waals surface area contributed by atoms with Gasteiger partial charge in [-0.2, -0.15) is 0 Å². The van der Waals surface area contributed by atoms with Crippen molar-refractivity contribution >= 4 is 44.1 Å². The van der Waals surface area contributed by atoms with Crippen molar-refractivity contribution in [1.82, 2.24) is 0 Å². The molecule has 1 aromatic heterocycles. The van der Waals surface area contributed by atoms with Crippen LogP contribution in [-0.2, 0) is 5.41 Å². The van der Waals surface area contributed by atoms with Gasteiger partial charge >= 0.3 is 0 Å². The van der Waals surface area contributed by atoms with Crippen LogP contribution in [0.3, 0.4) is 0 Å². The minimum absolute atomic E-state index is 0.0695. The predicted molar refractivity (Wildman–Crippen MR) is 231 cm³/mol. The molecule has 0 bridgehead atoms. The predicted octanol–water partition coefficient (Wildman–Crippen LogP) is 14.3. The first-order chi connectivity index (χ1) is 27.0. The summed E-state index contributed by atoms with van der Waals surface area (Å²) in [4.78, 5) is 2.37. The Morgan fingerprint density at radius 1 is 0.473 bits per heavy atom. The van der Waals surface area contributed by atoms with E-state index in [1.54, 1.807) is 0 Å². The van der Waals surface area contributed by atoms with E-state index in [-0.39, 0.29) is 5.41 Å². The van der Waals surface area contributed by atoms with E-state index in [2.05, 4.69) is 207 Å². The Bertz CT molecular complexity index is 2950. The van der Waals surface area contributed by atoms with Gasteiger partial charge in [-0.05, 0) is 86.8 Å². The molecule has 0 N–H and O–H groups in total. The summed E-state index contributed by atoms with van der Waals surface area (Å²) in [5.74, 6) is 0.760. The van der Waals surface area contributed by atoms with Gasteiger partial charge in [0.2, 0.25) is 0 Å². The Balaban J connectivity index is 1.02. The van der Waals surface area contributed by atoms with Crippen LogP contribution in [-0.4, -0.2) is 0 Å². The summed E-state index contributed by atoms with van der Waals surface area (Å²) in [6, 6.07) is 53.2. The molecule has 8 aromatic rings. The Hall–Kier alpha value is -6.64. The van der Waals surface area contributed by atoms with Crippen molar-refractivity contribution in [2.75, 3.05) is 4.90 Å². The summed E-state index contributed by atoms with van der Waals surface area (Å²) < 4.78 is 6.95. The average molecular weight is 706 g/mol. The first kappa shape index (κ1) is 31.8. The largest absolute Gasteiger partial charge is 0.455 e. The molecule has 3 aliphatic carbocycles. The van der Waals surface area contributed by atoms with Crippen molar-refractivity contribution < 1.29 is 4.42 Å². The van der Waals surface area contributed by atoms with Crippen molar-refractivity contribution in [2.45, 2.75) is 19.3 Å². The van der Waals surface area contributed by atoms with Gasteiger partial charge in [-0.1, -0.05) is 159 Å². The molecule has 2 heteroatoms. The number of benzene rings is 7.